The van der Waals surface area contributed by atoms with E-state index in [1.165, 1.54) is 19.1 Å². The number of hydrogen-bond acceptors (Lipinski definition) is 6. The van der Waals surface area contributed by atoms with E-state index in [2.05, 4.69) is 16.0 Å². The van der Waals surface area contributed by atoms with E-state index >= 15 is 0 Å². The fourth-order valence-corrected chi connectivity index (χ4v) is 1.93. The van der Waals surface area contributed by atoms with Crippen molar-refractivity contribution in [3.05, 3.63) is 29.8 Å². The quantitative estimate of drug-likeness (QED) is 0.281. The van der Waals surface area contributed by atoms with Crippen LogP contribution >= 0.6 is 0 Å². The topological polar surface area (TPSA) is 177 Å². The Labute approximate surface area is 150 Å². The molecule has 0 aliphatic heterocycles. The standard InChI is InChI=1S/C16H23N5O5/c1-9(15(25)20-8-14(24)19-7-13(18)23)21-16(26)12(17)6-10-2-4-11(22)5-3-10/h2-5,9,12,22H,6-8,17H2,1H3,(H2,18,23)(H,19,24)(H,20,25)(H,21,26). The van der Waals surface area contributed by atoms with E-state index in [-0.39, 0.29) is 25.3 Å². The van der Waals surface area contributed by atoms with Gasteiger partial charge in [0.15, 0.2) is 0 Å². The summed E-state index contributed by atoms with van der Waals surface area (Å²) in [5, 5.41) is 16.2. The summed E-state index contributed by atoms with van der Waals surface area (Å²) in [6, 6.07) is 4.47. The van der Waals surface area contributed by atoms with Crippen LogP contribution in [0.5, 0.6) is 5.75 Å². The van der Waals surface area contributed by atoms with Crippen molar-refractivity contribution in [2.24, 2.45) is 11.5 Å². The minimum absolute atomic E-state index is 0.108. The Morgan fingerprint density at radius 1 is 1.04 bits per heavy atom. The molecule has 0 bridgehead atoms. The summed E-state index contributed by atoms with van der Waals surface area (Å²) in [5.74, 6) is -2.28. The predicted molar refractivity (Wildman–Crippen MR) is 92.6 cm³/mol. The third-order valence-electron chi connectivity index (χ3n) is 3.36. The van der Waals surface area contributed by atoms with Crippen LogP contribution < -0.4 is 27.4 Å². The van der Waals surface area contributed by atoms with Gasteiger partial charge in [-0.3, -0.25) is 19.2 Å². The van der Waals surface area contributed by atoms with E-state index in [1.54, 1.807) is 12.1 Å². The van der Waals surface area contributed by atoms with Gasteiger partial charge in [-0.15, -0.1) is 0 Å². The molecule has 2 atom stereocenters. The Morgan fingerprint density at radius 2 is 1.65 bits per heavy atom. The number of benzene rings is 1. The fraction of sp³-hybridized carbons (Fsp3) is 0.375. The van der Waals surface area contributed by atoms with Crippen LogP contribution in [0.1, 0.15) is 12.5 Å². The highest BCUT2D eigenvalue weighted by Crippen LogP contribution is 2.10. The van der Waals surface area contributed by atoms with E-state index in [9.17, 15) is 24.3 Å². The lowest BCUT2D eigenvalue weighted by Crippen LogP contribution is -2.52. The molecule has 26 heavy (non-hydrogen) atoms. The van der Waals surface area contributed by atoms with Crippen LogP contribution in [0.25, 0.3) is 0 Å². The lowest BCUT2D eigenvalue weighted by molar-refractivity contribution is -0.130. The summed E-state index contributed by atoms with van der Waals surface area (Å²) in [5.41, 5.74) is 11.4. The Kier molecular flexibility index (Phi) is 8.03. The number of phenols is 1. The molecule has 1 rings (SSSR count). The van der Waals surface area contributed by atoms with Gasteiger partial charge in [0.25, 0.3) is 0 Å². The zero-order chi connectivity index (χ0) is 19.7. The summed E-state index contributed by atoms with van der Waals surface area (Å²) in [6.45, 7) is 0.765. The molecule has 1 aromatic carbocycles. The van der Waals surface area contributed by atoms with Crippen LogP contribution in [-0.4, -0.2) is 53.9 Å². The summed E-state index contributed by atoms with van der Waals surface area (Å²) >= 11 is 0. The fourth-order valence-electron chi connectivity index (χ4n) is 1.93. The van der Waals surface area contributed by atoms with Crippen LogP contribution in [0.3, 0.4) is 0 Å². The van der Waals surface area contributed by atoms with E-state index in [1.807, 2.05) is 0 Å². The molecule has 0 heterocycles. The molecular weight excluding hydrogens is 342 g/mol. The molecule has 0 fully saturated rings. The van der Waals surface area contributed by atoms with Crippen molar-refractivity contribution in [2.45, 2.75) is 25.4 Å². The van der Waals surface area contributed by atoms with E-state index in [0.717, 1.165) is 5.56 Å². The second-order valence-electron chi connectivity index (χ2n) is 5.67. The van der Waals surface area contributed by atoms with Gasteiger partial charge in [0.1, 0.15) is 11.8 Å². The van der Waals surface area contributed by atoms with Gasteiger partial charge in [-0.05, 0) is 31.0 Å². The van der Waals surface area contributed by atoms with Gasteiger partial charge in [0.2, 0.25) is 23.6 Å². The highest BCUT2D eigenvalue weighted by Gasteiger charge is 2.20. The van der Waals surface area contributed by atoms with Crippen molar-refractivity contribution >= 4 is 23.6 Å². The zero-order valence-corrected chi connectivity index (χ0v) is 14.3. The second-order valence-corrected chi connectivity index (χ2v) is 5.67. The molecular formula is C16H23N5O5. The molecule has 1 aromatic rings. The first-order valence-electron chi connectivity index (χ1n) is 7.85. The summed E-state index contributed by atoms with van der Waals surface area (Å²) in [4.78, 5) is 45.8. The average Bonchev–Trinajstić information content (AvgIpc) is 2.59. The molecule has 0 aliphatic rings. The largest absolute Gasteiger partial charge is 0.508 e. The summed E-state index contributed by atoms with van der Waals surface area (Å²) in [7, 11) is 0. The van der Waals surface area contributed by atoms with E-state index in [4.69, 9.17) is 11.5 Å². The van der Waals surface area contributed by atoms with Crippen LogP contribution in [0.2, 0.25) is 0 Å². The Balaban J connectivity index is 2.39. The molecule has 142 valence electrons. The van der Waals surface area contributed by atoms with Crippen molar-refractivity contribution in [2.75, 3.05) is 13.1 Å². The molecule has 2 unspecified atom stereocenters. The number of hydrogen-bond donors (Lipinski definition) is 6. The summed E-state index contributed by atoms with van der Waals surface area (Å²) in [6.07, 6.45) is 0.232. The predicted octanol–water partition coefficient (Wildman–Crippen LogP) is -2.52. The third-order valence-corrected chi connectivity index (χ3v) is 3.36. The third kappa shape index (κ3) is 7.62. The van der Waals surface area contributed by atoms with Crippen LogP contribution in [0.4, 0.5) is 0 Å². The molecule has 0 saturated carbocycles. The smallest absolute Gasteiger partial charge is 0.242 e. The molecule has 0 aliphatic carbocycles. The van der Waals surface area contributed by atoms with E-state index < -0.39 is 35.7 Å². The van der Waals surface area contributed by atoms with Gasteiger partial charge < -0.3 is 32.5 Å². The van der Waals surface area contributed by atoms with Crippen LogP contribution in [0, 0.1) is 0 Å². The van der Waals surface area contributed by atoms with Crippen LogP contribution in [-0.2, 0) is 25.6 Å². The number of phenolic OH excluding ortho intramolecular Hbond substituents is 1. The highest BCUT2D eigenvalue weighted by molar-refractivity contribution is 5.92. The average molecular weight is 365 g/mol. The highest BCUT2D eigenvalue weighted by atomic mass is 16.3. The normalized spacial score (nSPS) is 12.5. The molecule has 0 radical (unpaired) electrons. The van der Waals surface area contributed by atoms with Gasteiger partial charge >= 0.3 is 0 Å². The molecule has 0 aromatic heterocycles. The van der Waals surface area contributed by atoms with Gasteiger partial charge in [-0.2, -0.15) is 0 Å². The maximum Gasteiger partial charge on any atom is 0.242 e. The zero-order valence-electron chi connectivity index (χ0n) is 14.3. The van der Waals surface area contributed by atoms with Crippen molar-refractivity contribution < 1.29 is 24.3 Å². The van der Waals surface area contributed by atoms with Crippen molar-refractivity contribution in [3.8, 4) is 5.75 Å². The lowest BCUT2D eigenvalue weighted by Gasteiger charge is -2.17. The Morgan fingerprint density at radius 3 is 2.23 bits per heavy atom. The van der Waals surface area contributed by atoms with Crippen molar-refractivity contribution in [1.82, 2.24) is 16.0 Å². The first-order chi connectivity index (χ1) is 12.2. The Bertz CT molecular complexity index is 661. The van der Waals surface area contributed by atoms with Crippen molar-refractivity contribution in [1.29, 1.82) is 0 Å². The van der Waals surface area contributed by atoms with Gasteiger partial charge in [-0.25, -0.2) is 0 Å². The van der Waals surface area contributed by atoms with Gasteiger partial charge in [0.05, 0.1) is 19.1 Å². The monoisotopic (exact) mass is 365 g/mol. The maximum atomic E-state index is 12.0. The van der Waals surface area contributed by atoms with Gasteiger partial charge in [-0.1, -0.05) is 12.1 Å². The number of nitrogens with two attached hydrogens (primary N) is 2. The van der Waals surface area contributed by atoms with Crippen LogP contribution in [0.15, 0.2) is 24.3 Å². The second kappa shape index (κ2) is 9.99. The lowest BCUT2D eigenvalue weighted by atomic mass is 10.1. The minimum Gasteiger partial charge on any atom is -0.508 e. The number of amides is 4. The molecule has 0 spiro atoms. The number of carbonyl (C=O) groups excluding carboxylic acids is 4. The maximum absolute atomic E-state index is 12.0. The molecule has 8 N–H and O–H groups in total. The van der Waals surface area contributed by atoms with Crippen molar-refractivity contribution in [3.63, 3.8) is 0 Å². The molecule has 10 nitrogen and oxygen atoms in total. The van der Waals surface area contributed by atoms with E-state index in [0.29, 0.717) is 0 Å². The first-order valence-corrected chi connectivity index (χ1v) is 7.85. The van der Waals surface area contributed by atoms with Gasteiger partial charge in [0, 0.05) is 0 Å². The molecule has 10 heteroatoms. The Hall–Kier alpha value is -3.14. The minimum atomic E-state index is -0.905. The number of carbonyl (C=O) groups is 4. The number of aromatic hydroxyl groups is 1. The molecule has 0 saturated heterocycles. The number of rotatable bonds is 9. The number of primary amides is 1. The SMILES string of the molecule is CC(NC(=O)C(N)Cc1ccc(O)cc1)C(=O)NCC(=O)NCC(N)=O. The number of nitrogens with one attached hydrogen (secondary N) is 3. The summed E-state index contributed by atoms with van der Waals surface area (Å²) < 4.78 is 0. The first kappa shape index (κ1) is 20.9. The molecule has 4 amide bonds.